The molecule has 0 bridgehead atoms. The number of alkyl halides is 3. The topological polar surface area (TPSA) is 48.0 Å². The minimum Gasteiger partial charge on any atom is -0.326 e. The van der Waals surface area contributed by atoms with Crippen molar-refractivity contribution in [2.45, 2.75) is 26.2 Å². The lowest BCUT2D eigenvalue weighted by molar-refractivity contribution is -0.144. The Morgan fingerprint density at radius 2 is 2.00 bits per heavy atom. The molecule has 6 heteroatoms. The SMILES string of the molecule is CCn1c(C(F)(F)F)ccc(CN)c1=O. The molecule has 0 aliphatic rings. The number of halogens is 3. The Balaban J connectivity index is 3.45. The van der Waals surface area contributed by atoms with E-state index in [2.05, 4.69) is 0 Å². The summed E-state index contributed by atoms with van der Waals surface area (Å²) < 4.78 is 38.1. The maximum absolute atomic E-state index is 12.5. The molecule has 0 spiro atoms. The number of nitrogens with two attached hydrogens (primary N) is 1. The average molecular weight is 220 g/mol. The highest BCUT2D eigenvalue weighted by Gasteiger charge is 2.34. The molecule has 2 N–H and O–H groups in total. The molecule has 1 aromatic rings. The second-order valence-electron chi connectivity index (χ2n) is 3.00. The fraction of sp³-hybridized carbons (Fsp3) is 0.444. The number of pyridine rings is 1. The average Bonchev–Trinajstić information content (AvgIpc) is 2.15. The van der Waals surface area contributed by atoms with Gasteiger partial charge in [-0.2, -0.15) is 13.2 Å². The van der Waals surface area contributed by atoms with Gasteiger partial charge in [0, 0.05) is 18.7 Å². The zero-order chi connectivity index (χ0) is 11.6. The summed E-state index contributed by atoms with van der Waals surface area (Å²) in [5.74, 6) is 0. The first-order valence-corrected chi connectivity index (χ1v) is 4.41. The first kappa shape index (κ1) is 11.8. The molecule has 15 heavy (non-hydrogen) atoms. The molecule has 0 saturated carbocycles. The number of hydrogen-bond acceptors (Lipinski definition) is 2. The van der Waals surface area contributed by atoms with Crippen molar-refractivity contribution >= 4 is 0 Å². The van der Waals surface area contributed by atoms with Crippen molar-refractivity contribution in [2.24, 2.45) is 5.73 Å². The normalized spacial score (nSPS) is 11.8. The van der Waals surface area contributed by atoms with E-state index in [0.717, 1.165) is 12.1 Å². The van der Waals surface area contributed by atoms with Crippen molar-refractivity contribution in [3.8, 4) is 0 Å². The van der Waals surface area contributed by atoms with E-state index in [0.29, 0.717) is 4.57 Å². The van der Waals surface area contributed by atoms with Crippen LogP contribution >= 0.6 is 0 Å². The summed E-state index contributed by atoms with van der Waals surface area (Å²) in [4.78, 5) is 11.5. The van der Waals surface area contributed by atoms with E-state index in [1.165, 1.54) is 6.92 Å². The van der Waals surface area contributed by atoms with Gasteiger partial charge in [0.25, 0.3) is 5.56 Å². The van der Waals surface area contributed by atoms with Crippen LogP contribution in [0.1, 0.15) is 18.2 Å². The van der Waals surface area contributed by atoms with Crippen LogP contribution in [0.4, 0.5) is 13.2 Å². The van der Waals surface area contributed by atoms with Crippen LogP contribution in [0.25, 0.3) is 0 Å². The van der Waals surface area contributed by atoms with Crippen molar-refractivity contribution in [3.05, 3.63) is 33.7 Å². The zero-order valence-electron chi connectivity index (χ0n) is 8.14. The Labute approximate surface area is 84.3 Å². The second-order valence-corrected chi connectivity index (χ2v) is 3.00. The van der Waals surface area contributed by atoms with Crippen LogP contribution in [-0.2, 0) is 19.3 Å². The van der Waals surface area contributed by atoms with E-state index >= 15 is 0 Å². The lowest BCUT2D eigenvalue weighted by Gasteiger charge is -2.14. The lowest BCUT2D eigenvalue weighted by Crippen LogP contribution is -2.30. The summed E-state index contributed by atoms with van der Waals surface area (Å²) in [6.07, 6.45) is -4.51. The van der Waals surface area contributed by atoms with Gasteiger partial charge in [0.2, 0.25) is 0 Å². The molecule has 1 aromatic heterocycles. The fourth-order valence-corrected chi connectivity index (χ4v) is 1.34. The molecule has 0 saturated heterocycles. The zero-order valence-corrected chi connectivity index (χ0v) is 8.14. The molecule has 0 radical (unpaired) electrons. The quantitative estimate of drug-likeness (QED) is 0.817. The second kappa shape index (κ2) is 4.06. The van der Waals surface area contributed by atoms with Crippen molar-refractivity contribution < 1.29 is 13.2 Å². The molecule has 1 rings (SSSR count). The number of nitrogens with zero attached hydrogens (tertiary/aromatic N) is 1. The third-order valence-electron chi connectivity index (χ3n) is 2.08. The first-order chi connectivity index (χ1) is 6.91. The van der Waals surface area contributed by atoms with Gasteiger partial charge in [-0.15, -0.1) is 0 Å². The largest absolute Gasteiger partial charge is 0.431 e. The summed E-state index contributed by atoms with van der Waals surface area (Å²) in [5, 5.41) is 0. The number of rotatable bonds is 2. The van der Waals surface area contributed by atoms with Crippen LogP contribution in [0.3, 0.4) is 0 Å². The van der Waals surface area contributed by atoms with Gasteiger partial charge in [0.1, 0.15) is 5.69 Å². The van der Waals surface area contributed by atoms with Gasteiger partial charge in [-0.1, -0.05) is 6.07 Å². The van der Waals surface area contributed by atoms with Gasteiger partial charge < -0.3 is 10.3 Å². The molecule has 0 fully saturated rings. The summed E-state index contributed by atoms with van der Waals surface area (Å²) in [7, 11) is 0. The standard InChI is InChI=1S/C9H11F3N2O/c1-2-14-7(9(10,11)12)4-3-6(5-13)8(14)15/h3-4H,2,5,13H2,1H3. The van der Waals surface area contributed by atoms with Gasteiger partial charge >= 0.3 is 6.18 Å². The van der Waals surface area contributed by atoms with Gasteiger partial charge in [-0.25, -0.2) is 0 Å². The van der Waals surface area contributed by atoms with Gasteiger partial charge in [0.05, 0.1) is 0 Å². The summed E-state index contributed by atoms with van der Waals surface area (Å²) >= 11 is 0. The van der Waals surface area contributed by atoms with Gasteiger partial charge in [-0.05, 0) is 13.0 Å². The Kier molecular flexibility index (Phi) is 3.18. The number of hydrogen-bond donors (Lipinski definition) is 1. The number of aromatic nitrogens is 1. The third kappa shape index (κ3) is 2.20. The van der Waals surface area contributed by atoms with Crippen molar-refractivity contribution in [1.82, 2.24) is 4.57 Å². The fourth-order valence-electron chi connectivity index (χ4n) is 1.34. The highest BCUT2D eigenvalue weighted by atomic mass is 19.4. The van der Waals surface area contributed by atoms with Crippen LogP contribution in [0.5, 0.6) is 0 Å². The Hall–Kier alpha value is -1.30. The molecular weight excluding hydrogens is 209 g/mol. The van der Waals surface area contributed by atoms with Crippen LogP contribution in [0.2, 0.25) is 0 Å². The van der Waals surface area contributed by atoms with Crippen LogP contribution < -0.4 is 11.3 Å². The maximum Gasteiger partial charge on any atom is 0.431 e. The van der Waals surface area contributed by atoms with E-state index in [-0.39, 0.29) is 18.7 Å². The smallest absolute Gasteiger partial charge is 0.326 e. The molecule has 0 unspecified atom stereocenters. The molecule has 0 amide bonds. The van der Waals surface area contributed by atoms with Crippen LogP contribution in [0.15, 0.2) is 16.9 Å². The Morgan fingerprint density at radius 3 is 2.40 bits per heavy atom. The van der Waals surface area contributed by atoms with Gasteiger partial charge in [-0.3, -0.25) is 4.79 Å². The van der Waals surface area contributed by atoms with E-state index < -0.39 is 17.4 Å². The third-order valence-corrected chi connectivity index (χ3v) is 2.08. The predicted molar refractivity (Wildman–Crippen MR) is 49.3 cm³/mol. The minimum absolute atomic E-state index is 0.0263. The summed E-state index contributed by atoms with van der Waals surface area (Å²) in [6, 6.07) is 2.00. The summed E-state index contributed by atoms with van der Waals surface area (Å²) in [6.45, 7) is 1.40. The van der Waals surface area contributed by atoms with E-state index in [1.807, 2.05) is 0 Å². The van der Waals surface area contributed by atoms with Crippen LogP contribution in [0, 0.1) is 0 Å². The first-order valence-electron chi connectivity index (χ1n) is 4.41. The van der Waals surface area contributed by atoms with E-state index in [4.69, 9.17) is 5.73 Å². The predicted octanol–water partition coefficient (Wildman–Crippen LogP) is 1.35. The highest BCUT2D eigenvalue weighted by molar-refractivity contribution is 5.18. The van der Waals surface area contributed by atoms with Crippen LogP contribution in [-0.4, -0.2) is 4.57 Å². The molecule has 3 nitrogen and oxygen atoms in total. The molecule has 0 aromatic carbocycles. The Morgan fingerprint density at radius 1 is 1.40 bits per heavy atom. The molecular formula is C9H11F3N2O. The summed E-state index contributed by atoms with van der Waals surface area (Å²) in [5.41, 5.74) is 3.81. The molecule has 0 atom stereocenters. The molecule has 1 heterocycles. The monoisotopic (exact) mass is 220 g/mol. The van der Waals surface area contributed by atoms with Crippen molar-refractivity contribution in [2.75, 3.05) is 0 Å². The minimum atomic E-state index is -4.51. The van der Waals surface area contributed by atoms with E-state index in [9.17, 15) is 18.0 Å². The molecule has 0 aliphatic heterocycles. The highest BCUT2D eigenvalue weighted by Crippen LogP contribution is 2.28. The molecule has 0 aliphatic carbocycles. The van der Waals surface area contributed by atoms with Crippen molar-refractivity contribution in [1.29, 1.82) is 0 Å². The van der Waals surface area contributed by atoms with E-state index in [1.54, 1.807) is 0 Å². The molecule has 84 valence electrons. The van der Waals surface area contributed by atoms with Gasteiger partial charge in [0.15, 0.2) is 0 Å². The maximum atomic E-state index is 12.5. The Bertz CT molecular complexity index is 409. The van der Waals surface area contributed by atoms with Crippen molar-refractivity contribution in [3.63, 3.8) is 0 Å². The lowest BCUT2D eigenvalue weighted by atomic mass is 10.2.